The van der Waals surface area contributed by atoms with Gasteiger partial charge in [-0.15, -0.1) is 0 Å². The maximum atomic E-state index is 11.2. The number of urea groups is 1. The van der Waals surface area contributed by atoms with E-state index >= 15 is 0 Å². The maximum Gasteiger partial charge on any atom is 0.312 e. The van der Waals surface area contributed by atoms with Crippen LogP contribution in [0.25, 0.3) is 10.2 Å². The number of amides is 2. The number of nitrogens with one attached hydrogen (secondary N) is 1. The fourth-order valence-electron chi connectivity index (χ4n) is 7.08. The second-order valence-corrected chi connectivity index (χ2v) is 11.7. The Bertz CT molecular complexity index is 1250. The van der Waals surface area contributed by atoms with Crippen LogP contribution < -0.4 is 15.8 Å². The second-order valence-electron chi connectivity index (χ2n) is 10.3. The van der Waals surface area contributed by atoms with Crippen molar-refractivity contribution in [3.8, 4) is 10.9 Å². The van der Waals surface area contributed by atoms with Crippen molar-refractivity contribution in [1.82, 2.24) is 15.2 Å². The van der Waals surface area contributed by atoms with Gasteiger partial charge < -0.3 is 15.8 Å². The van der Waals surface area contributed by atoms with E-state index in [0.29, 0.717) is 27.2 Å². The van der Waals surface area contributed by atoms with Crippen molar-refractivity contribution in [1.29, 1.82) is 0 Å². The first-order valence-electron chi connectivity index (χ1n) is 11.6. The number of aromatic nitrogens is 1. The van der Waals surface area contributed by atoms with Gasteiger partial charge in [0.05, 0.1) is 10.2 Å². The molecule has 8 heteroatoms. The van der Waals surface area contributed by atoms with Crippen LogP contribution in [0.1, 0.15) is 31.2 Å². The zero-order valence-electron chi connectivity index (χ0n) is 18.1. The highest BCUT2D eigenvalue weighted by molar-refractivity contribution is 7.20. The number of ether oxygens (including phenoxy) is 1. The minimum Gasteiger partial charge on any atom is -0.431 e. The van der Waals surface area contributed by atoms with Crippen molar-refractivity contribution in [3.63, 3.8) is 0 Å². The molecule has 2 aliphatic carbocycles. The van der Waals surface area contributed by atoms with Gasteiger partial charge in [-0.05, 0) is 79.3 Å². The highest BCUT2D eigenvalue weighted by Crippen LogP contribution is 2.80. The molecule has 2 aromatic carbocycles. The average Bonchev–Trinajstić information content (AvgIpc) is 3.61. The predicted molar refractivity (Wildman–Crippen MR) is 129 cm³/mol. The summed E-state index contributed by atoms with van der Waals surface area (Å²) in [5.74, 6) is 3.05. The first-order chi connectivity index (χ1) is 15.9. The molecule has 33 heavy (non-hydrogen) atoms. The van der Waals surface area contributed by atoms with Crippen molar-refractivity contribution >= 4 is 39.2 Å². The molecule has 4 aliphatic rings. The molecule has 2 bridgehead atoms. The number of rotatable bonds is 6. The van der Waals surface area contributed by atoms with Gasteiger partial charge in [-0.3, -0.25) is 4.90 Å². The SMILES string of the molecule is NC(=O)NCC1C[C@@]23C[C@@H]2[C@@H]2C[C@]2(C1)N3Cc1ccc(Oc2nc3cc(Cl)ccc3s2)cc1. The van der Waals surface area contributed by atoms with Gasteiger partial charge in [0.2, 0.25) is 0 Å². The fourth-order valence-corrected chi connectivity index (χ4v) is 8.06. The third-order valence-corrected chi connectivity index (χ3v) is 9.57. The molecule has 2 aliphatic heterocycles. The number of primary amides is 1. The van der Waals surface area contributed by atoms with E-state index in [0.717, 1.165) is 40.9 Å². The lowest BCUT2D eigenvalue weighted by Gasteiger charge is -2.45. The number of piperidine rings is 3. The Morgan fingerprint density at radius 2 is 1.88 bits per heavy atom. The Morgan fingerprint density at radius 3 is 2.58 bits per heavy atom. The molecule has 2 amide bonds. The molecule has 2 spiro atoms. The van der Waals surface area contributed by atoms with Gasteiger partial charge >= 0.3 is 6.03 Å². The summed E-state index contributed by atoms with van der Waals surface area (Å²) in [5.41, 5.74) is 8.20. The van der Waals surface area contributed by atoms with Crippen LogP contribution in [0.5, 0.6) is 10.9 Å². The summed E-state index contributed by atoms with van der Waals surface area (Å²) in [5, 5.41) is 4.16. The van der Waals surface area contributed by atoms with E-state index < -0.39 is 6.03 Å². The molecular weight excluding hydrogens is 456 g/mol. The number of carbonyl (C=O) groups is 1. The molecule has 0 radical (unpaired) electrons. The molecule has 3 heterocycles. The van der Waals surface area contributed by atoms with Crippen LogP contribution >= 0.6 is 22.9 Å². The summed E-state index contributed by atoms with van der Waals surface area (Å²) in [6.45, 7) is 1.71. The van der Waals surface area contributed by atoms with Gasteiger partial charge in [0.25, 0.3) is 5.19 Å². The number of thiazole rings is 1. The molecule has 2 saturated heterocycles. The lowest BCUT2D eigenvalue weighted by molar-refractivity contribution is 0.0292. The van der Waals surface area contributed by atoms with Crippen molar-refractivity contribution < 1.29 is 9.53 Å². The summed E-state index contributed by atoms with van der Waals surface area (Å²) in [7, 11) is 0. The van der Waals surface area contributed by atoms with E-state index in [-0.39, 0.29) is 0 Å². The molecule has 5 atom stereocenters. The van der Waals surface area contributed by atoms with Gasteiger partial charge in [-0.2, -0.15) is 0 Å². The normalized spacial score (nSPS) is 33.4. The Balaban J connectivity index is 1.05. The summed E-state index contributed by atoms with van der Waals surface area (Å²) in [6.07, 6.45) is 4.99. The van der Waals surface area contributed by atoms with E-state index in [4.69, 9.17) is 22.1 Å². The van der Waals surface area contributed by atoms with Crippen molar-refractivity contribution in [3.05, 3.63) is 53.1 Å². The molecule has 7 rings (SSSR count). The van der Waals surface area contributed by atoms with Crippen LogP contribution in [0.2, 0.25) is 5.02 Å². The number of halogens is 1. The summed E-state index contributed by atoms with van der Waals surface area (Å²) < 4.78 is 7.09. The van der Waals surface area contributed by atoms with Crippen molar-refractivity contribution in [2.75, 3.05) is 6.54 Å². The Hall–Kier alpha value is -2.35. The van der Waals surface area contributed by atoms with Gasteiger partial charge in [0.15, 0.2) is 0 Å². The number of benzene rings is 2. The number of nitrogens with zero attached hydrogens (tertiary/aromatic N) is 2. The molecule has 2 saturated carbocycles. The Labute approximate surface area is 201 Å². The number of carbonyl (C=O) groups excluding carboxylic acids is 1. The average molecular weight is 481 g/mol. The standard InChI is InChI=1S/C25H25ClN4O2S/c26-16-3-6-21-20(7-16)29-23(33-21)32-17-4-1-14(2-5-17)13-30-24-8-15(12-28-22(27)31)9-25(30)11-19(25)18(24)10-24/h1-7,15,18-19H,8-13H2,(H3,27,28,31)/t15?,18-,19+,24-,25+. The maximum absolute atomic E-state index is 11.2. The summed E-state index contributed by atoms with van der Waals surface area (Å²) in [4.78, 5) is 18.6. The van der Waals surface area contributed by atoms with Crippen LogP contribution in [-0.4, -0.2) is 33.5 Å². The van der Waals surface area contributed by atoms with Gasteiger partial charge in [-0.25, -0.2) is 9.78 Å². The molecule has 3 aromatic rings. The molecule has 1 aromatic heterocycles. The molecule has 170 valence electrons. The number of hydrogen-bond acceptors (Lipinski definition) is 5. The second kappa shape index (κ2) is 6.84. The summed E-state index contributed by atoms with van der Waals surface area (Å²) in [6, 6.07) is 13.8. The van der Waals surface area contributed by atoms with Gasteiger partial charge in [0.1, 0.15) is 5.75 Å². The first kappa shape index (κ1) is 20.1. The Morgan fingerprint density at radius 1 is 1.15 bits per heavy atom. The van der Waals surface area contributed by atoms with E-state index in [2.05, 4.69) is 27.3 Å². The van der Waals surface area contributed by atoms with Gasteiger partial charge in [0, 0.05) is 29.2 Å². The lowest BCUT2D eigenvalue weighted by Crippen LogP contribution is -2.52. The molecule has 1 unspecified atom stereocenters. The minimum absolute atomic E-state index is 0.350. The Kier molecular flexibility index (Phi) is 4.16. The zero-order valence-corrected chi connectivity index (χ0v) is 19.7. The largest absolute Gasteiger partial charge is 0.431 e. The molecule has 4 fully saturated rings. The van der Waals surface area contributed by atoms with Crippen LogP contribution in [0.3, 0.4) is 0 Å². The third-order valence-electron chi connectivity index (χ3n) is 8.42. The highest BCUT2D eigenvalue weighted by atomic mass is 35.5. The number of nitrogens with two attached hydrogens (primary N) is 1. The van der Waals surface area contributed by atoms with E-state index in [1.807, 2.05) is 30.3 Å². The summed E-state index contributed by atoms with van der Waals surface area (Å²) >= 11 is 7.59. The molecular formula is C25H25ClN4O2S. The smallest absolute Gasteiger partial charge is 0.312 e. The van der Waals surface area contributed by atoms with Gasteiger partial charge in [-0.1, -0.05) is 35.1 Å². The molecule has 3 N–H and O–H groups in total. The van der Waals surface area contributed by atoms with E-state index in [1.165, 1.54) is 42.6 Å². The van der Waals surface area contributed by atoms with Crippen LogP contribution in [0.4, 0.5) is 4.79 Å². The lowest BCUT2D eigenvalue weighted by atomic mass is 9.84. The number of fused-ring (bicyclic) bond motifs is 2. The number of hydrogen-bond donors (Lipinski definition) is 2. The zero-order chi connectivity index (χ0) is 22.4. The van der Waals surface area contributed by atoms with Crippen molar-refractivity contribution in [2.24, 2.45) is 23.5 Å². The van der Waals surface area contributed by atoms with Crippen molar-refractivity contribution in [2.45, 2.75) is 43.3 Å². The topological polar surface area (TPSA) is 80.5 Å². The van der Waals surface area contributed by atoms with Crippen LogP contribution in [0.15, 0.2) is 42.5 Å². The first-order valence-corrected chi connectivity index (χ1v) is 12.8. The van der Waals surface area contributed by atoms with E-state index in [1.54, 1.807) is 0 Å². The third kappa shape index (κ3) is 3.09. The van der Waals surface area contributed by atoms with Crippen LogP contribution in [0, 0.1) is 17.8 Å². The van der Waals surface area contributed by atoms with E-state index in [9.17, 15) is 4.79 Å². The fraction of sp³-hybridized carbons (Fsp3) is 0.440. The minimum atomic E-state index is -0.406. The quantitative estimate of drug-likeness (QED) is 0.511. The highest BCUT2D eigenvalue weighted by Gasteiger charge is 2.84. The predicted octanol–water partition coefficient (Wildman–Crippen LogP) is 5.15. The molecule has 6 nitrogen and oxygen atoms in total. The monoisotopic (exact) mass is 480 g/mol. The van der Waals surface area contributed by atoms with Crippen LogP contribution in [-0.2, 0) is 6.54 Å².